The van der Waals surface area contributed by atoms with Crippen LogP contribution in [-0.2, 0) is 32.2 Å². The van der Waals surface area contributed by atoms with E-state index in [2.05, 4.69) is 20.9 Å². The van der Waals surface area contributed by atoms with Crippen molar-refractivity contribution in [1.29, 1.82) is 0 Å². The van der Waals surface area contributed by atoms with Gasteiger partial charge in [-0.05, 0) is 62.6 Å². The van der Waals surface area contributed by atoms with Crippen LogP contribution in [0.1, 0.15) is 44.7 Å². The lowest BCUT2D eigenvalue weighted by Crippen LogP contribution is -2.61. The Balaban J connectivity index is 1.50. The van der Waals surface area contributed by atoms with Crippen molar-refractivity contribution in [2.24, 2.45) is 4.99 Å². The molecule has 0 aromatic heterocycles. The lowest BCUT2D eigenvalue weighted by Gasteiger charge is -2.39. The Morgan fingerprint density at radius 1 is 0.851 bits per heavy atom. The Labute approximate surface area is 268 Å². The summed E-state index contributed by atoms with van der Waals surface area (Å²) >= 11 is 0. The molecule has 1 heterocycles. The average molecular weight is 658 g/mol. The van der Waals surface area contributed by atoms with E-state index in [4.69, 9.17) is 14.2 Å². The van der Waals surface area contributed by atoms with Gasteiger partial charge in [0.15, 0.2) is 0 Å². The van der Waals surface area contributed by atoms with Gasteiger partial charge in [-0.1, -0.05) is 0 Å². The monoisotopic (exact) mass is 657 g/mol. The van der Waals surface area contributed by atoms with Gasteiger partial charge in [0.05, 0.1) is 15.9 Å². The van der Waals surface area contributed by atoms with Crippen LogP contribution in [0.5, 0.6) is 0 Å². The van der Waals surface area contributed by atoms with E-state index in [0.717, 1.165) is 0 Å². The molecule has 4 amide bonds. The van der Waals surface area contributed by atoms with Crippen LogP contribution in [0.4, 0.5) is 25.8 Å². The molecule has 1 saturated heterocycles. The summed E-state index contributed by atoms with van der Waals surface area (Å²) in [6.45, 7) is 5.45. The van der Waals surface area contributed by atoms with Crippen LogP contribution in [-0.4, -0.2) is 76.2 Å². The molecular weight excluding hydrogens is 622 g/mol. The Hall–Kier alpha value is -5.81. The Morgan fingerprint density at radius 2 is 1.32 bits per heavy atom. The fraction of sp³-hybridized carbons (Fsp3) is 0.414. The Morgan fingerprint density at radius 3 is 1.74 bits per heavy atom. The second-order valence-corrected chi connectivity index (χ2v) is 11.2. The molecule has 3 rings (SSSR count). The smallest absolute Gasteiger partial charge is 0.414 e. The average Bonchev–Trinajstić information content (AvgIpc) is 2.98. The van der Waals surface area contributed by atoms with E-state index in [1.165, 1.54) is 53.4 Å². The van der Waals surface area contributed by atoms with Gasteiger partial charge in [-0.3, -0.25) is 40.6 Å². The SMILES string of the molecule is CC(C)(C)OC(=O)N1CC(NC(=O)CCCN=C(NC(=O)OCc2ccc([N+](=O)[O-])cc2)NC(=O)OCc2ccc([N+](=O)[O-])cc2)C1. The zero-order valence-electron chi connectivity index (χ0n) is 25.9. The number of guanidine groups is 1. The van der Waals surface area contributed by atoms with Crippen molar-refractivity contribution in [3.63, 3.8) is 0 Å². The molecule has 0 radical (unpaired) electrons. The van der Waals surface area contributed by atoms with Crippen LogP contribution >= 0.6 is 0 Å². The van der Waals surface area contributed by atoms with Gasteiger partial charge >= 0.3 is 18.3 Å². The highest BCUT2D eigenvalue weighted by Crippen LogP contribution is 2.16. The van der Waals surface area contributed by atoms with Crippen molar-refractivity contribution in [1.82, 2.24) is 20.9 Å². The number of hydrogen-bond acceptors (Lipinski definition) is 12. The molecule has 2 aromatic carbocycles. The molecule has 2 aromatic rings. The van der Waals surface area contributed by atoms with Crippen molar-refractivity contribution in [2.45, 2.75) is 58.5 Å². The zero-order chi connectivity index (χ0) is 34.6. The first kappa shape index (κ1) is 35.7. The lowest BCUT2D eigenvalue weighted by atomic mass is 10.1. The van der Waals surface area contributed by atoms with Gasteiger partial charge in [0.1, 0.15) is 18.8 Å². The maximum atomic E-state index is 12.4. The van der Waals surface area contributed by atoms with Gasteiger partial charge in [-0.15, -0.1) is 0 Å². The summed E-state index contributed by atoms with van der Waals surface area (Å²) in [4.78, 5) is 75.4. The number of aliphatic imine (C=N–C) groups is 1. The van der Waals surface area contributed by atoms with Gasteiger partial charge in [0, 0.05) is 50.3 Å². The highest BCUT2D eigenvalue weighted by Gasteiger charge is 2.34. The first-order valence-corrected chi connectivity index (χ1v) is 14.3. The molecule has 0 atom stereocenters. The molecular formula is C29H35N7O11. The maximum absolute atomic E-state index is 12.4. The lowest BCUT2D eigenvalue weighted by molar-refractivity contribution is -0.385. The largest absolute Gasteiger partial charge is 0.444 e. The highest BCUT2D eigenvalue weighted by atomic mass is 16.6. The molecule has 1 aliphatic heterocycles. The third-order valence-electron chi connectivity index (χ3n) is 6.21. The number of benzene rings is 2. The molecule has 47 heavy (non-hydrogen) atoms. The number of ether oxygens (including phenoxy) is 3. The number of carbonyl (C=O) groups excluding carboxylic acids is 4. The van der Waals surface area contributed by atoms with Crippen LogP contribution in [0.2, 0.25) is 0 Å². The number of nitrogens with zero attached hydrogens (tertiary/aromatic N) is 4. The first-order valence-electron chi connectivity index (χ1n) is 14.3. The minimum absolute atomic E-state index is 0.00270. The van der Waals surface area contributed by atoms with E-state index in [1.807, 2.05) is 0 Å². The molecule has 3 N–H and O–H groups in total. The van der Waals surface area contributed by atoms with E-state index in [9.17, 15) is 39.4 Å². The van der Waals surface area contributed by atoms with Crippen molar-refractivity contribution in [3.8, 4) is 0 Å². The first-order chi connectivity index (χ1) is 22.2. The van der Waals surface area contributed by atoms with Crippen LogP contribution in [0.3, 0.4) is 0 Å². The highest BCUT2D eigenvalue weighted by molar-refractivity contribution is 6.01. The van der Waals surface area contributed by atoms with Gasteiger partial charge in [0.25, 0.3) is 11.4 Å². The van der Waals surface area contributed by atoms with Crippen molar-refractivity contribution in [3.05, 3.63) is 79.9 Å². The molecule has 0 saturated carbocycles. The molecule has 18 heteroatoms. The van der Waals surface area contributed by atoms with E-state index in [-0.39, 0.29) is 61.9 Å². The van der Waals surface area contributed by atoms with Gasteiger partial charge < -0.3 is 24.4 Å². The van der Waals surface area contributed by atoms with Crippen LogP contribution in [0, 0.1) is 20.2 Å². The Bertz CT molecular complexity index is 1410. The van der Waals surface area contributed by atoms with E-state index in [0.29, 0.717) is 24.2 Å². The minimum atomic E-state index is -1.00. The van der Waals surface area contributed by atoms with Gasteiger partial charge in [-0.25, -0.2) is 14.4 Å². The molecule has 252 valence electrons. The summed E-state index contributed by atoms with van der Waals surface area (Å²) in [5.41, 5.74) is 0.0432. The second kappa shape index (κ2) is 16.5. The number of amides is 4. The number of non-ortho nitro benzene ring substituents is 2. The number of alkyl carbamates (subject to hydrolysis) is 2. The Kier molecular flexibility index (Phi) is 12.5. The molecule has 0 unspecified atom stereocenters. The summed E-state index contributed by atoms with van der Waals surface area (Å²) in [5, 5.41) is 29.0. The molecule has 18 nitrogen and oxygen atoms in total. The second-order valence-electron chi connectivity index (χ2n) is 11.2. The van der Waals surface area contributed by atoms with Crippen LogP contribution < -0.4 is 16.0 Å². The number of nitro benzene ring substituents is 2. The fourth-order valence-electron chi connectivity index (χ4n) is 3.88. The van der Waals surface area contributed by atoms with Crippen LogP contribution in [0.25, 0.3) is 0 Å². The summed E-state index contributed by atoms with van der Waals surface area (Å²) in [5.74, 6) is -0.610. The number of nitro groups is 2. The van der Waals surface area contributed by atoms with E-state index >= 15 is 0 Å². The molecule has 0 bridgehead atoms. The van der Waals surface area contributed by atoms with Gasteiger partial charge in [0.2, 0.25) is 11.9 Å². The van der Waals surface area contributed by atoms with E-state index < -0.39 is 33.7 Å². The summed E-state index contributed by atoms with van der Waals surface area (Å²) in [6, 6.07) is 10.5. The summed E-state index contributed by atoms with van der Waals surface area (Å²) < 4.78 is 15.5. The topological polar surface area (TPSA) is 234 Å². The predicted octanol–water partition coefficient (Wildman–Crippen LogP) is 3.53. The number of likely N-dealkylation sites (tertiary alicyclic amines) is 1. The maximum Gasteiger partial charge on any atom is 0.414 e. The summed E-state index contributed by atoms with van der Waals surface area (Å²) in [7, 11) is 0. The molecule has 0 aliphatic carbocycles. The summed E-state index contributed by atoms with van der Waals surface area (Å²) in [6.07, 6.45) is -2.17. The van der Waals surface area contributed by atoms with Gasteiger partial charge in [-0.2, -0.15) is 0 Å². The third-order valence-corrected chi connectivity index (χ3v) is 6.21. The molecule has 1 fully saturated rings. The van der Waals surface area contributed by atoms with Crippen molar-refractivity contribution in [2.75, 3.05) is 19.6 Å². The zero-order valence-corrected chi connectivity index (χ0v) is 25.9. The standard InChI is InChI=1S/C29H35N7O11/c1-29(2,3)47-28(40)34-15-21(16-34)31-24(37)5-4-14-30-25(32-26(38)45-17-19-6-10-22(11-7-19)35(41)42)33-27(39)46-18-20-8-12-23(13-9-20)36(43)44/h6-13,21H,4-5,14-18H2,1-3H3,(H,31,37)(H2,30,32,33,38,39). The van der Waals surface area contributed by atoms with Crippen LogP contribution in [0.15, 0.2) is 53.5 Å². The quantitative estimate of drug-likeness (QED) is 0.0789. The molecule has 1 aliphatic rings. The predicted molar refractivity (Wildman–Crippen MR) is 164 cm³/mol. The number of carbonyl (C=O) groups is 4. The molecule has 0 spiro atoms. The fourth-order valence-corrected chi connectivity index (χ4v) is 3.88. The normalized spacial score (nSPS) is 12.5. The van der Waals surface area contributed by atoms with E-state index in [1.54, 1.807) is 20.8 Å². The number of rotatable bonds is 11. The van der Waals surface area contributed by atoms with Crippen molar-refractivity contribution >= 4 is 41.5 Å². The van der Waals surface area contributed by atoms with Crippen molar-refractivity contribution < 1.29 is 43.2 Å². The third kappa shape index (κ3) is 12.6. The minimum Gasteiger partial charge on any atom is -0.444 e. The number of hydrogen-bond donors (Lipinski definition) is 3. The number of nitrogens with one attached hydrogen (secondary N) is 3.